The number of benzene rings is 2. The highest BCUT2D eigenvalue weighted by molar-refractivity contribution is 9.10. The molecular weight excluding hydrogens is 357 g/mol. The zero-order valence-corrected chi connectivity index (χ0v) is 14.0. The lowest BCUT2D eigenvalue weighted by Crippen LogP contribution is -1.92. The van der Waals surface area contributed by atoms with Crippen LogP contribution in [0.5, 0.6) is 0 Å². The summed E-state index contributed by atoms with van der Waals surface area (Å²) in [6.07, 6.45) is 4.02. The SMILES string of the molecule is Cn1c(-c2ccc(F)cc2)cn2cc(-c3ccc(Br)cc3)nc12. The highest BCUT2D eigenvalue weighted by Crippen LogP contribution is 2.26. The van der Waals surface area contributed by atoms with E-state index in [1.807, 2.05) is 52.7 Å². The maximum absolute atomic E-state index is 13.1. The monoisotopic (exact) mass is 369 g/mol. The molecule has 5 heteroatoms. The molecule has 0 spiro atoms. The number of aromatic nitrogens is 3. The third-order valence-electron chi connectivity index (χ3n) is 3.92. The van der Waals surface area contributed by atoms with Crippen LogP contribution in [0.3, 0.4) is 0 Å². The molecule has 114 valence electrons. The lowest BCUT2D eigenvalue weighted by molar-refractivity contribution is 0.628. The number of hydrogen-bond acceptors (Lipinski definition) is 1. The van der Waals surface area contributed by atoms with Gasteiger partial charge in [0, 0.05) is 29.5 Å². The first-order valence-electron chi connectivity index (χ1n) is 7.18. The summed E-state index contributed by atoms with van der Waals surface area (Å²) in [4.78, 5) is 4.71. The van der Waals surface area contributed by atoms with Crippen LogP contribution in [0.4, 0.5) is 4.39 Å². The molecule has 0 amide bonds. The van der Waals surface area contributed by atoms with Crippen molar-refractivity contribution in [2.24, 2.45) is 7.05 Å². The zero-order valence-electron chi connectivity index (χ0n) is 12.4. The molecule has 0 aliphatic heterocycles. The van der Waals surface area contributed by atoms with Crippen LogP contribution < -0.4 is 0 Å². The number of fused-ring (bicyclic) bond motifs is 1. The Hall–Kier alpha value is -2.40. The third-order valence-corrected chi connectivity index (χ3v) is 4.44. The fourth-order valence-electron chi connectivity index (χ4n) is 2.70. The van der Waals surface area contributed by atoms with E-state index in [4.69, 9.17) is 4.98 Å². The van der Waals surface area contributed by atoms with Gasteiger partial charge in [-0.15, -0.1) is 0 Å². The minimum absolute atomic E-state index is 0.231. The summed E-state index contributed by atoms with van der Waals surface area (Å²) in [5, 5.41) is 0. The maximum atomic E-state index is 13.1. The standard InChI is InChI=1S/C18H13BrFN3/c1-22-17(13-4-8-15(20)9-5-13)11-23-10-16(21-18(22)23)12-2-6-14(19)7-3-12/h2-11H,1H3. The smallest absolute Gasteiger partial charge is 0.214 e. The minimum atomic E-state index is -0.231. The molecule has 0 fully saturated rings. The van der Waals surface area contributed by atoms with Gasteiger partial charge in [-0.3, -0.25) is 4.40 Å². The molecule has 3 nitrogen and oxygen atoms in total. The maximum Gasteiger partial charge on any atom is 0.214 e. The van der Waals surface area contributed by atoms with Crippen molar-refractivity contribution in [3.8, 4) is 22.5 Å². The van der Waals surface area contributed by atoms with Crippen molar-refractivity contribution < 1.29 is 4.39 Å². The average Bonchev–Trinajstić information content (AvgIpc) is 3.09. The number of imidazole rings is 2. The second-order valence-corrected chi connectivity index (χ2v) is 6.34. The fraction of sp³-hybridized carbons (Fsp3) is 0.0556. The van der Waals surface area contributed by atoms with Gasteiger partial charge in [0.1, 0.15) is 5.82 Å². The van der Waals surface area contributed by atoms with Gasteiger partial charge in [0.2, 0.25) is 5.78 Å². The number of hydrogen-bond donors (Lipinski definition) is 0. The summed E-state index contributed by atoms with van der Waals surface area (Å²) in [6, 6.07) is 14.6. The van der Waals surface area contributed by atoms with E-state index in [1.54, 1.807) is 12.1 Å². The minimum Gasteiger partial charge on any atom is -0.313 e. The van der Waals surface area contributed by atoms with E-state index in [0.29, 0.717) is 0 Å². The van der Waals surface area contributed by atoms with Gasteiger partial charge >= 0.3 is 0 Å². The molecule has 0 aliphatic carbocycles. The van der Waals surface area contributed by atoms with E-state index in [-0.39, 0.29) is 5.82 Å². The molecule has 0 N–H and O–H groups in total. The van der Waals surface area contributed by atoms with Crippen LogP contribution in [0.2, 0.25) is 0 Å². The fourth-order valence-corrected chi connectivity index (χ4v) is 2.97. The molecule has 2 aromatic heterocycles. The van der Waals surface area contributed by atoms with Crippen molar-refractivity contribution in [2.45, 2.75) is 0 Å². The molecule has 0 saturated carbocycles. The van der Waals surface area contributed by atoms with Crippen LogP contribution >= 0.6 is 15.9 Å². The Balaban J connectivity index is 1.80. The van der Waals surface area contributed by atoms with E-state index in [0.717, 1.165) is 32.8 Å². The first-order chi connectivity index (χ1) is 11.1. The highest BCUT2D eigenvalue weighted by atomic mass is 79.9. The van der Waals surface area contributed by atoms with Crippen LogP contribution in [0.25, 0.3) is 28.3 Å². The summed E-state index contributed by atoms with van der Waals surface area (Å²) in [6.45, 7) is 0. The van der Waals surface area contributed by atoms with Crippen LogP contribution in [0, 0.1) is 5.82 Å². The molecule has 2 heterocycles. The van der Waals surface area contributed by atoms with Gasteiger partial charge < -0.3 is 4.57 Å². The molecule has 0 radical (unpaired) electrons. The number of nitrogens with zero attached hydrogens (tertiary/aromatic N) is 3. The van der Waals surface area contributed by atoms with Gasteiger partial charge in [0.25, 0.3) is 0 Å². The average molecular weight is 370 g/mol. The molecule has 4 rings (SSSR count). The highest BCUT2D eigenvalue weighted by Gasteiger charge is 2.12. The molecule has 0 unspecified atom stereocenters. The van der Waals surface area contributed by atoms with Crippen molar-refractivity contribution in [1.82, 2.24) is 14.0 Å². The number of rotatable bonds is 2. The van der Waals surface area contributed by atoms with E-state index in [9.17, 15) is 4.39 Å². The lowest BCUT2D eigenvalue weighted by atomic mass is 10.1. The van der Waals surface area contributed by atoms with Gasteiger partial charge in [-0.05, 0) is 42.0 Å². The Morgan fingerprint density at radius 2 is 1.57 bits per heavy atom. The quantitative estimate of drug-likeness (QED) is 0.492. The van der Waals surface area contributed by atoms with Crippen molar-refractivity contribution in [1.29, 1.82) is 0 Å². The van der Waals surface area contributed by atoms with E-state index < -0.39 is 0 Å². The zero-order chi connectivity index (χ0) is 16.0. The summed E-state index contributed by atoms with van der Waals surface area (Å²) < 4.78 is 18.1. The lowest BCUT2D eigenvalue weighted by Gasteiger charge is -2.02. The molecule has 4 aromatic rings. The summed E-state index contributed by atoms with van der Waals surface area (Å²) in [7, 11) is 1.96. The van der Waals surface area contributed by atoms with Crippen LogP contribution in [0.15, 0.2) is 65.4 Å². The predicted molar refractivity (Wildman–Crippen MR) is 92.7 cm³/mol. The Kier molecular flexibility index (Phi) is 3.31. The molecule has 0 saturated heterocycles. The van der Waals surface area contributed by atoms with Gasteiger partial charge in [0.15, 0.2) is 0 Å². The van der Waals surface area contributed by atoms with Gasteiger partial charge in [-0.25, -0.2) is 9.37 Å². The van der Waals surface area contributed by atoms with Crippen molar-refractivity contribution in [3.05, 3.63) is 71.2 Å². The van der Waals surface area contributed by atoms with Gasteiger partial charge in [-0.1, -0.05) is 28.1 Å². The summed E-state index contributed by atoms with van der Waals surface area (Å²) in [5.74, 6) is 0.618. The Morgan fingerprint density at radius 1 is 0.913 bits per heavy atom. The van der Waals surface area contributed by atoms with E-state index >= 15 is 0 Å². The first-order valence-corrected chi connectivity index (χ1v) is 7.97. The topological polar surface area (TPSA) is 22.2 Å². The van der Waals surface area contributed by atoms with Crippen molar-refractivity contribution >= 4 is 21.7 Å². The van der Waals surface area contributed by atoms with Crippen LogP contribution in [-0.4, -0.2) is 14.0 Å². The number of halogens is 2. The summed E-state index contributed by atoms with van der Waals surface area (Å²) >= 11 is 3.44. The normalized spacial score (nSPS) is 11.3. The molecule has 0 aliphatic rings. The van der Waals surface area contributed by atoms with Crippen LogP contribution in [-0.2, 0) is 7.05 Å². The Labute approximate surface area is 141 Å². The second-order valence-electron chi connectivity index (χ2n) is 5.42. The molecule has 2 aromatic carbocycles. The van der Waals surface area contributed by atoms with Crippen LogP contribution in [0.1, 0.15) is 0 Å². The third kappa shape index (κ3) is 2.47. The molecule has 0 bridgehead atoms. The van der Waals surface area contributed by atoms with Crippen molar-refractivity contribution in [2.75, 3.05) is 0 Å². The van der Waals surface area contributed by atoms with E-state index in [2.05, 4.69) is 15.9 Å². The Bertz CT molecular complexity index is 982. The largest absolute Gasteiger partial charge is 0.313 e. The molecule has 23 heavy (non-hydrogen) atoms. The second kappa shape index (κ2) is 5.35. The Morgan fingerprint density at radius 3 is 2.22 bits per heavy atom. The van der Waals surface area contributed by atoms with Gasteiger partial charge in [-0.2, -0.15) is 0 Å². The predicted octanol–water partition coefficient (Wildman–Crippen LogP) is 4.91. The molecular formula is C18H13BrFN3. The first kappa shape index (κ1) is 14.2. The number of aryl methyl sites for hydroxylation is 1. The van der Waals surface area contributed by atoms with Crippen molar-refractivity contribution in [3.63, 3.8) is 0 Å². The summed E-state index contributed by atoms with van der Waals surface area (Å²) in [5.41, 5.74) is 3.95. The van der Waals surface area contributed by atoms with Gasteiger partial charge in [0.05, 0.1) is 11.4 Å². The van der Waals surface area contributed by atoms with E-state index in [1.165, 1.54) is 12.1 Å². The molecule has 0 atom stereocenters.